The summed E-state index contributed by atoms with van der Waals surface area (Å²) < 4.78 is 2.25. The lowest BCUT2D eigenvalue weighted by Crippen LogP contribution is -2.29. The second-order valence-electron chi connectivity index (χ2n) is 5.40. The Morgan fingerprint density at radius 2 is 2.14 bits per heavy atom. The summed E-state index contributed by atoms with van der Waals surface area (Å²) in [5.74, 6) is 1.81. The first kappa shape index (κ1) is 15.3. The molecule has 1 aromatic heterocycles. The minimum absolute atomic E-state index is 0.716. The van der Waals surface area contributed by atoms with Gasteiger partial charge in [0.15, 0.2) is 11.7 Å². The minimum atomic E-state index is 0.716. The Hall–Kier alpha value is -1.59. The van der Waals surface area contributed by atoms with Crippen LogP contribution in [0, 0.1) is 0 Å². The van der Waals surface area contributed by atoms with Crippen molar-refractivity contribution in [2.45, 2.75) is 20.4 Å². The second-order valence-corrected chi connectivity index (χ2v) is 5.84. The molecule has 0 saturated heterocycles. The fraction of sp³-hybridized carbons (Fsp3) is 0.500. The normalized spacial score (nSPS) is 14.6. The number of nitrogens with one attached hydrogen (secondary N) is 1. The van der Waals surface area contributed by atoms with Crippen molar-refractivity contribution in [3.63, 3.8) is 0 Å². The summed E-state index contributed by atoms with van der Waals surface area (Å²) in [6.45, 7) is 10.1. The highest BCUT2D eigenvalue weighted by Crippen LogP contribution is 2.21. The average molecular weight is 320 g/mol. The number of aromatic nitrogens is 2. The third kappa shape index (κ3) is 2.96. The van der Waals surface area contributed by atoms with Crippen LogP contribution in [0.2, 0.25) is 5.02 Å². The lowest BCUT2D eigenvalue weighted by Gasteiger charge is -2.19. The lowest BCUT2D eigenvalue weighted by molar-refractivity contribution is 0.291. The average Bonchev–Trinajstić information content (AvgIpc) is 3.15. The predicted octanol–water partition coefficient (Wildman–Crippen LogP) is 2.38. The Kier molecular flexibility index (Phi) is 4.64. The maximum atomic E-state index is 6.11. The maximum Gasteiger partial charge on any atom is 0.176 e. The van der Waals surface area contributed by atoms with Crippen molar-refractivity contribution in [2.75, 3.05) is 32.7 Å². The van der Waals surface area contributed by atoms with Crippen molar-refractivity contribution in [3.05, 3.63) is 29.0 Å². The monoisotopic (exact) mass is 319 g/mol. The van der Waals surface area contributed by atoms with Crippen molar-refractivity contribution < 1.29 is 0 Å². The van der Waals surface area contributed by atoms with Crippen LogP contribution in [0.15, 0.2) is 23.2 Å². The van der Waals surface area contributed by atoms with Crippen molar-refractivity contribution in [2.24, 2.45) is 4.99 Å². The molecule has 0 atom stereocenters. The van der Waals surface area contributed by atoms with Gasteiger partial charge in [0.1, 0.15) is 0 Å². The van der Waals surface area contributed by atoms with Gasteiger partial charge >= 0.3 is 0 Å². The first-order valence-corrected chi connectivity index (χ1v) is 8.27. The Labute approximate surface area is 136 Å². The highest BCUT2D eigenvalue weighted by Gasteiger charge is 2.18. The summed E-state index contributed by atoms with van der Waals surface area (Å²) in [5, 5.41) is 4.04. The molecular weight excluding hydrogens is 298 g/mol. The Bertz CT molecular complexity index is 687. The van der Waals surface area contributed by atoms with E-state index < -0.39 is 0 Å². The zero-order valence-corrected chi connectivity index (χ0v) is 13.9. The number of amidine groups is 1. The molecule has 1 N–H and O–H groups in total. The number of rotatable bonds is 6. The summed E-state index contributed by atoms with van der Waals surface area (Å²) in [7, 11) is 0. The number of imidazole rings is 1. The molecule has 0 spiro atoms. The van der Waals surface area contributed by atoms with Gasteiger partial charge in [-0.3, -0.25) is 4.99 Å². The van der Waals surface area contributed by atoms with Gasteiger partial charge in [-0.05, 0) is 31.3 Å². The first-order chi connectivity index (χ1) is 10.7. The van der Waals surface area contributed by atoms with Crippen molar-refractivity contribution in [1.82, 2.24) is 19.8 Å². The van der Waals surface area contributed by atoms with E-state index in [9.17, 15) is 0 Å². The molecule has 1 aliphatic rings. The fourth-order valence-electron chi connectivity index (χ4n) is 2.84. The number of nitrogens with zero attached hydrogens (tertiary/aromatic N) is 4. The lowest BCUT2D eigenvalue weighted by atomic mass is 10.3. The number of fused-ring (bicyclic) bond motifs is 1. The van der Waals surface area contributed by atoms with Crippen LogP contribution in [0.4, 0.5) is 0 Å². The molecule has 2 aromatic rings. The standard InChI is InChI=1S/C16H22ClN5/c1-3-21(4-2)9-10-22-14-6-5-12(17)11-13(14)20-16(22)15-18-7-8-19-15/h5-6,11H,3-4,7-10H2,1-2H3,(H,18,19). The van der Waals surface area contributed by atoms with E-state index in [4.69, 9.17) is 16.6 Å². The molecular formula is C16H22ClN5. The van der Waals surface area contributed by atoms with Gasteiger partial charge in [-0.15, -0.1) is 0 Å². The van der Waals surface area contributed by atoms with Crippen molar-refractivity contribution in [3.8, 4) is 0 Å². The van der Waals surface area contributed by atoms with E-state index in [1.54, 1.807) is 0 Å². The maximum absolute atomic E-state index is 6.11. The largest absolute Gasteiger partial charge is 0.365 e. The number of benzene rings is 1. The third-order valence-electron chi connectivity index (χ3n) is 4.13. The molecule has 0 fully saturated rings. The van der Waals surface area contributed by atoms with Crippen LogP contribution in [0.25, 0.3) is 11.0 Å². The van der Waals surface area contributed by atoms with E-state index >= 15 is 0 Å². The van der Waals surface area contributed by atoms with Gasteiger partial charge in [0.25, 0.3) is 0 Å². The van der Waals surface area contributed by atoms with E-state index in [2.05, 4.69) is 33.6 Å². The van der Waals surface area contributed by atoms with Crippen LogP contribution in [0.1, 0.15) is 19.7 Å². The molecule has 22 heavy (non-hydrogen) atoms. The molecule has 6 heteroatoms. The molecule has 1 aromatic carbocycles. The molecule has 0 radical (unpaired) electrons. The molecule has 3 rings (SSSR count). The summed E-state index contributed by atoms with van der Waals surface area (Å²) in [6, 6.07) is 5.89. The van der Waals surface area contributed by atoms with Crippen molar-refractivity contribution in [1.29, 1.82) is 0 Å². The summed E-state index contributed by atoms with van der Waals surface area (Å²) in [4.78, 5) is 11.7. The SMILES string of the molecule is CCN(CC)CCn1c(C2=NCCN2)nc2cc(Cl)ccc21. The molecule has 5 nitrogen and oxygen atoms in total. The van der Waals surface area contributed by atoms with Gasteiger partial charge in [0.2, 0.25) is 0 Å². The van der Waals surface area contributed by atoms with Crippen LogP contribution in [-0.2, 0) is 6.54 Å². The molecule has 0 unspecified atom stereocenters. The van der Waals surface area contributed by atoms with Gasteiger partial charge in [0.05, 0.1) is 17.6 Å². The first-order valence-electron chi connectivity index (χ1n) is 7.89. The smallest absolute Gasteiger partial charge is 0.176 e. The quantitative estimate of drug-likeness (QED) is 0.889. The summed E-state index contributed by atoms with van der Waals surface area (Å²) >= 11 is 6.11. The molecule has 0 saturated carbocycles. The van der Waals surface area contributed by atoms with E-state index in [1.807, 2.05) is 18.2 Å². The Morgan fingerprint density at radius 1 is 1.32 bits per heavy atom. The molecule has 0 bridgehead atoms. The third-order valence-corrected chi connectivity index (χ3v) is 4.37. The molecule has 1 aliphatic heterocycles. The zero-order chi connectivity index (χ0) is 15.5. The highest BCUT2D eigenvalue weighted by atomic mass is 35.5. The van der Waals surface area contributed by atoms with E-state index in [0.717, 1.165) is 62.0 Å². The van der Waals surface area contributed by atoms with Gasteiger partial charge in [-0.1, -0.05) is 25.4 Å². The Morgan fingerprint density at radius 3 is 2.82 bits per heavy atom. The highest BCUT2D eigenvalue weighted by molar-refractivity contribution is 6.31. The minimum Gasteiger partial charge on any atom is -0.365 e. The molecule has 118 valence electrons. The molecule has 0 aliphatic carbocycles. The summed E-state index contributed by atoms with van der Waals surface area (Å²) in [6.07, 6.45) is 0. The van der Waals surface area contributed by atoms with Crippen LogP contribution in [0.5, 0.6) is 0 Å². The number of aliphatic imine (C=N–C) groups is 1. The Balaban J connectivity index is 1.98. The van der Waals surface area contributed by atoms with Gasteiger partial charge in [-0.2, -0.15) is 0 Å². The number of hydrogen-bond acceptors (Lipinski definition) is 4. The van der Waals surface area contributed by atoms with Crippen LogP contribution >= 0.6 is 11.6 Å². The van der Waals surface area contributed by atoms with Gasteiger partial charge in [-0.25, -0.2) is 4.98 Å². The van der Waals surface area contributed by atoms with E-state index in [-0.39, 0.29) is 0 Å². The van der Waals surface area contributed by atoms with Crippen molar-refractivity contribution >= 4 is 28.5 Å². The predicted molar refractivity (Wildman–Crippen MR) is 91.9 cm³/mol. The van der Waals surface area contributed by atoms with Crippen LogP contribution in [-0.4, -0.2) is 53.0 Å². The summed E-state index contributed by atoms with van der Waals surface area (Å²) in [5.41, 5.74) is 2.04. The van der Waals surface area contributed by atoms with Gasteiger partial charge in [0, 0.05) is 24.7 Å². The van der Waals surface area contributed by atoms with Crippen LogP contribution in [0.3, 0.4) is 0 Å². The molecule has 0 amide bonds. The number of halogens is 1. The topological polar surface area (TPSA) is 45.5 Å². The van der Waals surface area contributed by atoms with Crippen LogP contribution < -0.4 is 5.32 Å². The van der Waals surface area contributed by atoms with E-state index in [1.165, 1.54) is 0 Å². The van der Waals surface area contributed by atoms with E-state index in [0.29, 0.717) is 5.02 Å². The number of likely N-dealkylation sites (N-methyl/N-ethyl adjacent to an activating group) is 1. The second kappa shape index (κ2) is 6.67. The zero-order valence-electron chi connectivity index (χ0n) is 13.1. The fourth-order valence-corrected chi connectivity index (χ4v) is 3.01. The molecule has 2 heterocycles. The van der Waals surface area contributed by atoms with Gasteiger partial charge < -0.3 is 14.8 Å². The number of hydrogen-bond donors (Lipinski definition) is 1.